The van der Waals surface area contributed by atoms with Gasteiger partial charge in [-0.15, -0.1) is 0 Å². The topological polar surface area (TPSA) is 37.2 Å². The van der Waals surface area contributed by atoms with Crippen molar-refractivity contribution in [3.05, 3.63) is 52.3 Å². The molecule has 3 nitrogen and oxygen atoms in total. The summed E-state index contributed by atoms with van der Waals surface area (Å²) < 4.78 is 2.00. The van der Waals surface area contributed by atoms with E-state index < -0.39 is 0 Å². The summed E-state index contributed by atoms with van der Waals surface area (Å²) in [5.74, 6) is 0. The Balaban J connectivity index is 2.25. The average molecular weight is 285 g/mol. The van der Waals surface area contributed by atoms with E-state index in [0.717, 1.165) is 11.4 Å². The number of hydrogen-bond acceptors (Lipinski definition) is 2. The maximum Gasteiger partial charge on any atom is 0.0661 e. The van der Waals surface area contributed by atoms with Crippen LogP contribution in [0, 0.1) is 0 Å². The fourth-order valence-electron chi connectivity index (χ4n) is 1.77. The van der Waals surface area contributed by atoms with Crippen molar-refractivity contribution in [1.82, 2.24) is 9.88 Å². The molecule has 0 saturated heterocycles. The minimum atomic E-state index is 0.127. The molecule has 0 aliphatic heterocycles. The van der Waals surface area contributed by atoms with Crippen molar-refractivity contribution in [2.45, 2.75) is 6.54 Å². The predicted molar refractivity (Wildman–Crippen MR) is 74.6 cm³/mol. The Kier molecular flexibility index (Phi) is 4.66. The minimum absolute atomic E-state index is 0.127. The summed E-state index contributed by atoms with van der Waals surface area (Å²) >= 11 is 12.1. The van der Waals surface area contributed by atoms with E-state index in [1.165, 1.54) is 0 Å². The molecule has 0 bridgehead atoms. The number of nitrogens with zero attached hydrogens (tertiary/aromatic N) is 1. The summed E-state index contributed by atoms with van der Waals surface area (Å²) in [6.07, 6.45) is 1.95. The van der Waals surface area contributed by atoms with Gasteiger partial charge >= 0.3 is 0 Å². The number of aliphatic hydroxyl groups excluding tert-OH is 1. The third-order valence-electron chi connectivity index (χ3n) is 2.60. The first-order chi connectivity index (χ1) is 8.72. The van der Waals surface area contributed by atoms with Gasteiger partial charge in [0, 0.05) is 30.0 Å². The molecule has 0 fully saturated rings. The molecule has 2 aromatic rings. The van der Waals surface area contributed by atoms with E-state index in [-0.39, 0.29) is 6.61 Å². The molecule has 2 rings (SSSR count). The zero-order chi connectivity index (χ0) is 13.0. The van der Waals surface area contributed by atoms with Crippen LogP contribution in [0.5, 0.6) is 0 Å². The number of aromatic nitrogens is 1. The Morgan fingerprint density at radius 3 is 2.78 bits per heavy atom. The molecular weight excluding hydrogens is 271 g/mol. The van der Waals surface area contributed by atoms with Crippen LogP contribution >= 0.6 is 23.2 Å². The zero-order valence-electron chi connectivity index (χ0n) is 9.74. The van der Waals surface area contributed by atoms with Crippen LogP contribution < -0.4 is 5.32 Å². The Bertz CT molecular complexity index is 525. The van der Waals surface area contributed by atoms with Gasteiger partial charge < -0.3 is 15.0 Å². The summed E-state index contributed by atoms with van der Waals surface area (Å²) in [6, 6.07) is 9.40. The van der Waals surface area contributed by atoms with Gasteiger partial charge in [-0.05, 0) is 30.3 Å². The molecule has 0 spiro atoms. The van der Waals surface area contributed by atoms with Crippen molar-refractivity contribution in [1.29, 1.82) is 0 Å². The summed E-state index contributed by atoms with van der Waals surface area (Å²) in [6.45, 7) is 1.37. The maximum absolute atomic E-state index is 8.75. The number of hydrogen-bond donors (Lipinski definition) is 2. The van der Waals surface area contributed by atoms with Gasteiger partial charge in [-0.1, -0.05) is 23.2 Å². The SMILES string of the molecule is OCCNCc1cccn1-c1ccc(Cl)cc1Cl. The van der Waals surface area contributed by atoms with Crippen LogP contribution in [0.3, 0.4) is 0 Å². The Hall–Kier alpha value is -1.000. The van der Waals surface area contributed by atoms with Crippen molar-refractivity contribution >= 4 is 23.2 Å². The molecule has 0 saturated carbocycles. The van der Waals surface area contributed by atoms with E-state index >= 15 is 0 Å². The van der Waals surface area contributed by atoms with Gasteiger partial charge in [0.25, 0.3) is 0 Å². The van der Waals surface area contributed by atoms with E-state index in [1.54, 1.807) is 6.07 Å². The minimum Gasteiger partial charge on any atom is -0.395 e. The lowest BCUT2D eigenvalue weighted by Crippen LogP contribution is -2.19. The highest BCUT2D eigenvalue weighted by Crippen LogP contribution is 2.25. The molecule has 0 radical (unpaired) electrons. The van der Waals surface area contributed by atoms with E-state index in [2.05, 4.69) is 5.32 Å². The fourth-order valence-corrected chi connectivity index (χ4v) is 2.27. The van der Waals surface area contributed by atoms with Gasteiger partial charge in [-0.25, -0.2) is 0 Å². The van der Waals surface area contributed by atoms with Gasteiger partial charge in [0.15, 0.2) is 0 Å². The summed E-state index contributed by atoms with van der Waals surface area (Å²) in [7, 11) is 0. The first kappa shape index (κ1) is 13.4. The van der Waals surface area contributed by atoms with Gasteiger partial charge in [-0.3, -0.25) is 0 Å². The van der Waals surface area contributed by atoms with Gasteiger partial charge in [0.1, 0.15) is 0 Å². The lowest BCUT2D eigenvalue weighted by Gasteiger charge is -2.11. The summed E-state index contributed by atoms with van der Waals surface area (Å²) in [4.78, 5) is 0. The second-order valence-electron chi connectivity index (χ2n) is 3.87. The van der Waals surface area contributed by atoms with Crippen LogP contribution in [0.2, 0.25) is 10.0 Å². The number of nitrogens with one attached hydrogen (secondary N) is 1. The Morgan fingerprint density at radius 1 is 1.22 bits per heavy atom. The van der Waals surface area contributed by atoms with Crippen LogP contribution in [0.25, 0.3) is 5.69 Å². The molecule has 0 unspecified atom stereocenters. The molecule has 1 heterocycles. The molecule has 96 valence electrons. The molecule has 5 heteroatoms. The molecule has 18 heavy (non-hydrogen) atoms. The quantitative estimate of drug-likeness (QED) is 0.829. The van der Waals surface area contributed by atoms with Crippen molar-refractivity contribution in [2.24, 2.45) is 0 Å². The van der Waals surface area contributed by atoms with Gasteiger partial charge in [0.2, 0.25) is 0 Å². The smallest absolute Gasteiger partial charge is 0.0661 e. The van der Waals surface area contributed by atoms with Gasteiger partial charge in [-0.2, -0.15) is 0 Å². The predicted octanol–water partition coefficient (Wildman–Crippen LogP) is 2.87. The molecule has 0 aliphatic rings. The number of halogens is 2. The normalized spacial score (nSPS) is 10.8. The van der Waals surface area contributed by atoms with Gasteiger partial charge in [0.05, 0.1) is 17.3 Å². The van der Waals surface area contributed by atoms with E-state index in [0.29, 0.717) is 23.1 Å². The van der Waals surface area contributed by atoms with E-state index in [9.17, 15) is 0 Å². The molecule has 0 amide bonds. The highest BCUT2D eigenvalue weighted by atomic mass is 35.5. The van der Waals surface area contributed by atoms with Crippen molar-refractivity contribution in [3.63, 3.8) is 0 Å². The Morgan fingerprint density at radius 2 is 2.06 bits per heavy atom. The average Bonchev–Trinajstić information content (AvgIpc) is 2.78. The highest BCUT2D eigenvalue weighted by molar-refractivity contribution is 6.35. The van der Waals surface area contributed by atoms with Crippen molar-refractivity contribution < 1.29 is 5.11 Å². The maximum atomic E-state index is 8.75. The van der Waals surface area contributed by atoms with Crippen LogP contribution in [0.1, 0.15) is 5.69 Å². The molecule has 2 N–H and O–H groups in total. The number of rotatable bonds is 5. The second-order valence-corrected chi connectivity index (χ2v) is 4.71. The fraction of sp³-hybridized carbons (Fsp3) is 0.231. The molecule has 0 aliphatic carbocycles. The summed E-state index contributed by atoms with van der Waals surface area (Å²) in [5.41, 5.74) is 1.97. The number of aliphatic hydroxyl groups is 1. The summed E-state index contributed by atoms with van der Waals surface area (Å²) in [5, 5.41) is 13.1. The second kappa shape index (κ2) is 6.25. The standard InChI is InChI=1S/C13H14Cl2N2O/c14-10-3-4-13(12(15)8-10)17-6-1-2-11(17)9-16-5-7-18/h1-4,6,8,16,18H,5,7,9H2. The molecule has 1 aromatic heterocycles. The monoisotopic (exact) mass is 284 g/mol. The van der Waals surface area contributed by atoms with Crippen LogP contribution in [0.4, 0.5) is 0 Å². The molecule has 0 atom stereocenters. The zero-order valence-corrected chi connectivity index (χ0v) is 11.2. The number of benzene rings is 1. The van der Waals surface area contributed by atoms with E-state index in [4.69, 9.17) is 28.3 Å². The largest absolute Gasteiger partial charge is 0.395 e. The molecular formula is C13H14Cl2N2O. The van der Waals surface area contributed by atoms with Crippen LogP contribution in [-0.4, -0.2) is 22.8 Å². The van der Waals surface area contributed by atoms with Crippen LogP contribution in [-0.2, 0) is 6.54 Å². The van der Waals surface area contributed by atoms with Crippen molar-refractivity contribution in [2.75, 3.05) is 13.2 Å². The third kappa shape index (κ3) is 3.06. The third-order valence-corrected chi connectivity index (χ3v) is 3.13. The van der Waals surface area contributed by atoms with Crippen molar-refractivity contribution in [3.8, 4) is 5.69 Å². The Labute approximate surface area is 116 Å². The van der Waals surface area contributed by atoms with Crippen LogP contribution in [0.15, 0.2) is 36.5 Å². The first-order valence-electron chi connectivity index (χ1n) is 5.65. The van der Waals surface area contributed by atoms with E-state index in [1.807, 2.05) is 35.0 Å². The first-order valence-corrected chi connectivity index (χ1v) is 6.41. The highest BCUT2D eigenvalue weighted by Gasteiger charge is 2.07. The lowest BCUT2D eigenvalue weighted by atomic mass is 10.3. The molecule has 1 aromatic carbocycles. The lowest BCUT2D eigenvalue weighted by molar-refractivity contribution is 0.291.